The van der Waals surface area contributed by atoms with E-state index in [-0.39, 0.29) is 11.1 Å². The van der Waals surface area contributed by atoms with Crippen LogP contribution in [0.1, 0.15) is 18.4 Å². The molecule has 1 N–H and O–H groups in total. The summed E-state index contributed by atoms with van der Waals surface area (Å²) in [6.07, 6.45) is 1.69. The summed E-state index contributed by atoms with van der Waals surface area (Å²) in [5.74, 6) is -0.433. The van der Waals surface area contributed by atoms with Crippen molar-refractivity contribution in [3.63, 3.8) is 0 Å². The van der Waals surface area contributed by atoms with Crippen LogP contribution in [0, 0.1) is 5.82 Å². The van der Waals surface area contributed by atoms with E-state index in [1.54, 1.807) is 12.1 Å². The number of aliphatic hydroxyl groups is 1. The average molecular weight is 245 g/mol. The first-order valence-corrected chi connectivity index (χ1v) is 5.78. The highest BCUT2D eigenvalue weighted by Gasteiger charge is 2.24. The Morgan fingerprint density at radius 3 is 3.00 bits per heavy atom. The molecule has 0 amide bonds. The minimum absolute atomic E-state index is 0.0937. The predicted octanol–water partition coefficient (Wildman–Crippen LogP) is 2.56. The Kier molecular flexibility index (Phi) is 3.79. The van der Waals surface area contributed by atoms with Crippen molar-refractivity contribution >= 4 is 11.6 Å². The minimum atomic E-state index is -0.538. The van der Waals surface area contributed by atoms with Gasteiger partial charge in [-0.2, -0.15) is 0 Å². The van der Waals surface area contributed by atoms with E-state index in [1.165, 1.54) is 6.07 Å². The second-order valence-corrected chi connectivity index (χ2v) is 4.48. The lowest BCUT2D eigenvalue weighted by Gasteiger charge is -2.17. The summed E-state index contributed by atoms with van der Waals surface area (Å²) in [5, 5.41) is 10.00. The molecule has 0 saturated carbocycles. The monoisotopic (exact) mass is 244 g/mol. The van der Waals surface area contributed by atoms with Crippen LogP contribution in [-0.2, 0) is 11.2 Å². The van der Waals surface area contributed by atoms with E-state index in [9.17, 15) is 9.50 Å². The molecule has 1 aromatic rings. The normalized spacial score (nSPS) is 22.3. The van der Waals surface area contributed by atoms with Crippen LogP contribution in [0.2, 0.25) is 5.02 Å². The zero-order valence-corrected chi connectivity index (χ0v) is 9.58. The molecule has 1 aliphatic heterocycles. The summed E-state index contributed by atoms with van der Waals surface area (Å²) in [7, 11) is 0. The molecule has 2 nitrogen and oxygen atoms in total. The van der Waals surface area contributed by atoms with Crippen molar-refractivity contribution in [3.05, 3.63) is 34.6 Å². The lowest BCUT2D eigenvalue weighted by molar-refractivity contribution is -0.000777. The predicted molar refractivity (Wildman–Crippen MR) is 60.1 cm³/mol. The van der Waals surface area contributed by atoms with E-state index in [0.29, 0.717) is 13.0 Å². The molecule has 0 radical (unpaired) electrons. The number of hydrogen-bond donors (Lipinski definition) is 1. The van der Waals surface area contributed by atoms with Crippen LogP contribution < -0.4 is 0 Å². The van der Waals surface area contributed by atoms with Gasteiger partial charge in [-0.3, -0.25) is 0 Å². The molecule has 1 heterocycles. The highest BCUT2D eigenvalue weighted by atomic mass is 35.5. The lowest BCUT2D eigenvalue weighted by Crippen LogP contribution is -2.27. The summed E-state index contributed by atoms with van der Waals surface area (Å²) in [6, 6.07) is 4.51. The van der Waals surface area contributed by atoms with E-state index >= 15 is 0 Å². The standard InChI is InChI=1S/C12H14ClFO2/c13-9-6-8(3-4-10(9)14)7-11(15)12-2-1-5-16-12/h3-4,6,11-12,15H,1-2,5,7H2. The van der Waals surface area contributed by atoms with Crippen molar-refractivity contribution in [2.45, 2.75) is 31.5 Å². The highest BCUT2D eigenvalue weighted by molar-refractivity contribution is 6.30. The quantitative estimate of drug-likeness (QED) is 0.886. The van der Waals surface area contributed by atoms with Crippen molar-refractivity contribution in [1.29, 1.82) is 0 Å². The molecule has 0 aliphatic carbocycles. The van der Waals surface area contributed by atoms with Crippen molar-refractivity contribution in [2.24, 2.45) is 0 Å². The molecule has 1 saturated heterocycles. The first kappa shape index (κ1) is 11.8. The van der Waals surface area contributed by atoms with Gasteiger partial charge in [-0.05, 0) is 30.5 Å². The minimum Gasteiger partial charge on any atom is -0.390 e. The van der Waals surface area contributed by atoms with Crippen LogP contribution in [0.3, 0.4) is 0 Å². The van der Waals surface area contributed by atoms with Gasteiger partial charge in [0.05, 0.1) is 17.2 Å². The topological polar surface area (TPSA) is 29.5 Å². The maximum absolute atomic E-state index is 12.9. The number of halogens is 2. The fourth-order valence-corrected chi connectivity index (χ4v) is 2.15. The second-order valence-electron chi connectivity index (χ2n) is 4.07. The van der Waals surface area contributed by atoms with E-state index in [1.807, 2.05) is 0 Å². The number of hydrogen-bond acceptors (Lipinski definition) is 2. The van der Waals surface area contributed by atoms with Gasteiger partial charge in [-0.1, -0.05) is 17.7 Å². The molecule has 1 fully saturated rings. The van der Waals surface area contributed by atoms with Crippen molar-refractivity contribution in [3.8, 4) is 0 Å². The van der Waals surface area contributed by atoms with E-state index in [0.717, 1.165) is 18.4 Å². The van der Waals surface area contributed by atoms with Gasteiger partial charge in [0.15, 0.2) is 0 Å². The van der Waals surface area contributed by atoms with Crippen LogP contribution in [0.25, 0.3) is 0 Å². The largest absolute Gasteiger partial charge is 0.390 e. The molecule has 88 valence electrons. The van der Waals surface area contributed by atoms with Crippen LogP contribution in [0.5, 0.6) is 0 Å². The molecule has 0 aromatic heterocycles. The highest BCUT2D eigenvalue weighted by Crippen LogP contribution is 2.21. The maximum Gasteiger partial charge on any atom is 0.141 e. The van der Waals surface area contributed by atoms with Gasteiger partial charge >= 0.3 is 0 Å². The molecule has 2 unspecified atom stereocenters. The third-order valence-electron chi connectivity index (χ3n) is 2.82. The van der Waals surface area contributed by atoms with Crippen LogP contribution in [-0.4, -0.2) is 23.9 Å². The average Bonchev–Trinajstić information content (AvgIpc) is 2.77. The fraction of sp³-hybridized carbons (Fsp3) is 0.500. The Morgan fingerprint density at radius 1 is 1.56 bits per heavy atom. The third kappa shape index (κ3) is 2.73. The molecule has 1 aromatic carbocycles. The molecule has 0 spiro atoms. The number of ether oxygens (including phenoxy) is 1. The van der Waals surface area contributed by atoms with E-state index in [4.69, 9.17) is 16.3 Å². The van der Waals surface area contributed by atoms with Gasteiger partial charge in [0, 0.05) is 13.0 Å². The van der Waals surface area contributed by atoms with Crippen molar-refractivity contribution in [2.75, 3.05) is 6.61 Å². The van der Waals surface area contributed by atoms with Gasteiger partial charge in [-0.25, -0.2) is 4.39 Å². The van der Waals surface area contributed by atoms with E-state index in [2.05, 4.69) is 0 Å². The number of rotatable bonds is 3. The van der Waals surface area contributed by atoms with Gasteiger partial charge in [0.25, 0.3) is 0 Å². The van der Waals surface area contributed by atoms with Crippen LogP contribution in [0.15, 0.2) is 18.2 Å². The van der Waals surface area contributed by atoms with Gasteiger partial charge < -0.3 is 9.84 Å². The molecule has 4 heteroatoms. The maximum atomic E-state index is 12.9. The Hall–Kier alpha value is -0.640. The summed E-state index contributed by atoms with van der Waals surface area (Å²) in [4.78, 5) is 0. The number of aliphatic hydroxyl groups excluding tert-OH is 1. The first-order chi connectivity index (χ1) is 7.66. The van der Waals surface area contributed by atoms with Crippen molar-refractivity contribution in [1.82, 2.24) is 0 Å². The molecule has 1 aliphatic rings. The Bertz CT molecular complexity index is 364. The summed E-state index contributed by atoms with van der Waals surface area (Å²) >= 11 is 5.67. The van der Waals surface area contributed by atoms with Gasteiger partial charge in [0.2, 0.25) is 0 Å². The SMILES string of the molecule is OC(Cc1ccc(F)c(Cl)c1)C1CCCO1. The first-order valence-electron chi connectivity index (χ1n) is 5.40. The number of benzene rings is 1. The molecule has 0 bridgehead atoms. The van der Waals surface area contributed by atoms with Gasteiger partial charge in [0.1, 0.15) is 5.82 Å². The van der Waals surface area contributed by atoms with Crippen molar-refractivity contribution < 1.29 is 14.2 Å². The molecule has 2 atom stereocenters. The Balaban J connectivity index is 1.99. The Labute approximate surface area is 99.0 Å². The zero-order valence-electron chi connectivity index (χ0n) is 8.83. The molecule has 2 rings (SSSR count). The molecular formula is C12H14ClFO2. The van der Waals surface area contributed by atoms with E-state index < -0.39 is 11.9 Å². The Morgan fingerprint density at radius 2 is 2.38 bits per heavy atom. The summed E-state index contributed by atoms with van der Waals surface area (Å²) in [6.45, 7) is 0.714. The van der Waals surface area contributed by atoms with Crippen LogP contribution >= 0.6 is 11.6 Å². The third-order valence-corrected chi connectivity index (χ3v) is 3.11. The fourth-order valence-electron chi connectivity index (χ4n) is 1.95. The summed E-state index contributed by atoms with van der Waals surface area (Å²) in [5.41, 5.74) is 0.828. The lowest BCUT2D eigenvalue weighted by atomic mass is 10.0. The van der Waals surface area contributed by atoms with Gasteiger partial charge in [-0.15, -0.1) is 0 Å². The molecule has 16 heavy (non-hydrogen) atoms. The van der Waals surface area contributed by atoms with Crippen LogP contribution in [0.4, 0.5) is 4.39 Å². The molecular weight excluding hydrogens is 231 g/mol. The second kappa shape index (κ2) is 5.13. The smallest absolute Gasteiger partial charge is 0.141 e. The summed E-state index contributed by atoms with van der Waals surface area (Å²) < 4.78 is 18.3. The zero-order chi connectivity index (χ0) is 11.5.